The fraction of sp³-hybridized carbons (Fsp3) is 0.400. The van der Waals surface area contributed by atoms with Gasteiger partial charge in [0, 0.05) is 17.8 Å². The van der Waals surface area contributed by atoms with E-state index in [-0.39, 0.29) is 30.2 Å². The Labute approximate surface area is 160 Å². The number of nitrogens with zero attached hydrogens (tertiary/aromatic N) is 1. The number of aromatic nitrogens is 2. The average molecular weight is 382 g/mol. The Morgan fingerprint density at radius 2 is 1.96 bits per heavy atom. The Bertz CT molecular complexity index is 1050. The highest BCUT2D eigenvalue weighted by atomic mass is 16.4. The van der Waals surface area contributed by atoms with Crippen LogP contribution in [-0.4, -0.2) is 44.5 Å². The zero-order chi connectivity index (χ0) is 19.3. The molecule has 2 saturated heterocycles. The lowest BCUT2D eigenvalue weighted by Crippen LogP contribution is -2.51. The summed E-state index contributed by atoms with van der Waals surface area (Å²) in [5.74, 6) is 0.514. The van der Waals surface area contributed by atoms with E-state index in [4.69, 9.17) is 4.42 Å². The number of carbonyl (C=O) groups excluding carboxylic acids is 1. The summed E-state index contributed by atoms with van der Waals surface area (Å²) in [7, 11) is 0. The number of benzene rings is 1. The van der Waals surface area contributed by atoms with Gasteiger partial charge in [-0.3, -0.25) is 9.69 Å². The van der Waals surface area contributed by atoms with Gasteiger partial charge >= 0.3 is 5.69 Å². The van der Waals surface area contributed by atoms with E-state index < -0.39 is 5.60 Å². The van der Waals surface area contributed by atoms with Crippen molar-refractivity contribution in [3.8, 4) is 0 Å². The van der Waals surface area contributed by atoms with Gasteiger partial charge in [0.15, 0.2) is 0 Å². The minimum absolute atomic E-state index is 0.0995. The molecule has 28 heavy (non-hydrogen) atoms. The first kappa shape index (κ1) is 17.3. The van der Waals surface area contributed by atoms with Gasteiger partial charge in [0.25, 0.3) is 0 Å². The van der Waals surface area contributed by atoms with Crippen molar-refractivity contribution in [2.75, 3.05) is 11.9 Å². The molecule has 0 saturated carbocycles. The molecule has 8 nitrogen and oxygen atoms in total. The molecule has 5 rings (SSSR count). The van der Waals surface area contributed by atoms with E-state index in [1.165, 1.54) is 0 Å². The van der Waals surface area contributed by atoms with Crippen molar-refractivity contribution in [1.29, 1.82) is 0 Å². The molecule has 146 valence electrons. The number of rotatable bonds is 4. The number of anilines is 1. The van der Waals surface area contributed by atoms with Gasteiger partial charge in [0.05, 0.1) is 23.8 Å². The third-order valence-corrected chi connectivity index (χ3v) is 6.02. The lowest BCUT2D eigenvalue weighted by atomic mass is 9.84. The number of carbonyl (C=O) groups is 1. The van der Waals surface area contributed by atoms with Gasteiger partial charge in [0.2, 0.25) is 5.91 Å². The van der Waals surface area contributed by atoms with Crippen LogP contribution in [0.4, 0.5) is 5.69 Å². The number of piperidine rings is 1. The summed E-state index contributed by atoms with van der Waals surface area (Å²) in [5, 5.41) is 14.0. The number of hydrogen-bond donors (Lipinski definition) is 4. The summed E-state index contributed by atoms with van der Waals surface area (Å²) in [6.07, 6.45) is 4.67. The second-order valence-electron chi connectivity index (χ2n) is 7.86. The van der Waals surface area contributed by atoms with Crippen LogP contribution in [0.1, 0.15) is 31.4 Å². The lowest BCUT2D eigenvalue weighted by molar-refractivity contribution is -0.121. The molecule has 3 aromatic rings. The van der Waals surface area contributed by atoms with Crippen molar-refractivity contribution in [2.45, 2.75) is 43.4 Å². The van der Waals surface area contributed by atoms with Crippen molar-refractivity contribution in [1.82, 2.24) is 14.9 Å². The molecule has 4 heterocycles. The topological polar surface area (TPSA) is 114 Å². The highest BCUT2D eigenvalue weighted by Gasteiger charge is 2.49. The van der Waals surface area contributed by atoms with Crippen LogP contribution in [0.15, 0.2) is 45.8 Å². The summed E-state index contributed by atoms with van der Waals surface area (Å²) in [6.45, 7) is 0.283. The quantitative estimate of drug-likeness (QED) is 0.550. The number of hydrogen-bond acceptors (Lipinski definition) is 5. The van der Waals surface area contributed by atoms with Crippen LogP contribution in [-0.2, 0) is 10.4 Å². The van der Waals surface area contributed by atoms with Gasteiger partial charge in [-0.1, -0.05) is 0 Å². The predicted octanol–water partition coefficient (Wildman–Crippen LogP) is 1.90. The molecule has 2 bridgehead atoms. The molecule has 1 aromatic carbocycles. The Morgan fingerprint density at radius 1 is 1.21 bits per heavy atom. The Hall–Kier alpha value is -2.84. The van der Waals surface area contributed by atoms with Gasteiger partial charge in [-0.05, 0) is 56.0 Å². The van der Waals surface area contributed by atoms with Crippen molar-refractivity contribution in [3.63, 3.8) is 0 Å². The number of H-pyrrole nitrogens is 2. The van der Waals surface area contributed by atoms with Crippen LogP contribution in [0.3, 0.4) is 0 Å². The molecule has 4 N–H and O–H groups in total. The fourth-order valence-corrected chi connectivity index (χ4v) is 4.80. The first-order valence-electron chi connectivity index (χ1n) is 9.54. The normalized spacial score (nSPS) is 27.3. The van der Waals surface area contributed by atoms with E-state index in [1.807, 2.05) is 6.07 Å². The molecule has 2 aliphatic heterocycles. The largest absolute Gasteiger partial charge is 0.466 e. The zero-order valence-electron chi connectivity index (χ0n) is 15.3. The summed E-state index contributed by atoms with van der Waals surface area (Å²) in [6, 6.07) is 9.20. The van der Waals surface area contributed by atoms with Gasteiger partial charge in [-0.2, -0.15) is 0 Å². The summed E-state index contributed by atoms with van der Waals surface area (Å²) < 4.78 is 5.46. The zero-order valence-corrected chi connectivity index (χ0v) is 15.3. The minimum Gasteiger partial charge on any atom is -0.466 e. The molecular weight excluding hydrogens is 360 g/mol. The van der Waals surface area contributed by atoms with E-state index >= 15 is 0 Å². The molecule has 2 aromatic heterocycles. The Balaban J connectivity index is 1.27. The molecule has 2 fully saturated rings. The molecule has 8 heteroatoms. The number of fused-ring (bicyclic) bond motifs is 3. The van der Waals surface area contributed by atoms with Gasteiger partial charge < -0.3 is 24.8 Å². The van der Waals surface area contributed by atoms with E-state index in [1.54, 1.807) is 30.5 Å². The molecule has 0 aliphatic carbocycles. The smallest absolute Gasteiger partial charge is 0.323 e. The monoisotopic (exact) mass is 382 g/mol. The summed E-state index contributed by atoms with van der Waals surface area (Å²) in [5.41, 5.74) is 0.781. The maximum atomic E-state index is 12.6. The van der Waals surface area contributed by atoms with Crippen LogP contribution < -0.4 is 11.0 Å². The first-order valence-corrected chi connectivity index (χ1v) is 9.54. The van der Waals surface area contributed by atoms with Crippen LogP contribution >= 0.6 is 0 Å². The second-order valence-corrected chi connectivity index (χ2v) is 7.86. The number of nitrogens with one attached hydrogen (secondary N) is 3. The fourth-order valence-electron chi connectivity index (χ4n) is 4.80. The summed E-state index contributed by atoms with van der Waals surface area (Å²) >= 11 is 0. The highest BCUT2D eigenvalue weighted by Crippen LogP contribution is 2.45. The van der Waals surface area contributed by atoms with Gasteiger partial charge in [-0.25, -0.2) is 4.79 Å². The standard InChI is InChI=1S/C20H22N4O4/c25-18(21-12-3-6-15-16(8-12)23-19(26)22-15)11-24-13-4-5-14(24)10-20(27,9-13)17-2-1-7-28-17/h1-3,6-8,13-14,27H,4-5,9-11H2,(H,21,25)(H2,22,23,26)/t13-,14+,20?. The van der Waals surface area contributed by atoms with Crippen molar-refractivity contribution >= 4 is 22.6 Å². The Morgan fingerprint density at radius 3 is 2.68 bits per heavy atom. The van der Waals surface area contributed by atoms with E-state index in [0.717, 1.165) is 12.8 Å². The molecule has 1 amide bonds. The van der Waals surface area contributed by atoms with E-state index in [0.29, 0.717) is 35.3 Å². The SMILES string of the molecule is O=C(CN1[C@@H]2CC[C@H]1CC(O)(c1ccco1)C2)Nc1ccc2[nH]c(=O)[nH]c2c1. The maximum absolute atomic E-state index is 12.6. The second kappa shape index (κ2) is 6.35. The van der Waals surface area contributed by atoms with E-state index in [9.17, 15) is 14.7 Å². The van der Waals surface area contributed by atoms with Gasteiger partial charge in [-0.15, -0.1) is 0 Å². The number of aromatic amines is 2. The molecule has 3 atom stereocenters. The maximum Gasteiger partial charge on any atom is 0.323 e. The van der Waals surface area contributed by atoms with Crippen molar-refractivity contribution < 1.29 is 14.3 Å². The van der Waals surface area contributed by atoms with Crippen molar-refractivity contribution in [3.05, 3.63) is 52.8 Å². The molecule has 2 aliphatic rings. The van der Waals surface area contributed by atoms with Crippen LogP contribution in [0.2, 0.25) is 0 Å². The van der Waals surface area contributed by atoms with Crippen molar-refractivity contribution in [2.24, 2.45) is 0 Å². The molecule has 0 spiro atoms. The Kier molecular flexibility index (Phi) is 3.92. The number of imidazole rings is 1. The molecule has 1 unspecified atom stereocenters. The average Bonchev–Trinajstić information content (AvgIpc) is 3.35. The lowest BCUT2D eigenvalue weighted by Gasteiger charge is -2.42. The third-order valence-electron chi connectivity index (χ3n) is 6.02. The first-order chi connectivity index (χ1) is 13.5. The highest BCUT2D eigenvalue weighted by molar-refractivity contribution is 5.94. The molecular formula is C20H22N4O4. The van der Waals surface area contributed by atoms with Crippen LogP contribution in [0.5, 0.6) is 0 Å². The minimum atomic E-state index is -0.951. The third kappa shape index (κ3) is 2.94. The predicted molar refractivity (Wildman–Crippen MR) is 103 cm³/mol. The number of amides is 1. The van der Waals surface area contributed by atoms with Crippen LogP contribution in [0, 0.1) is 0 Å². The van der Waals surface area contributed by atoms with Gasteiger partial charge in [0.1, 0.15) is 11.4 Å². The number of furan rings is 1. The summed E-state index contributed by atoms with van der Waals surface area (Å²) in [4.78, 5) is 31.6. The van der Waals surface area contributed by atoms with E-state index in [2.05, 4.69) is 20.2 Å². The number of aliphatic hydroxyl groups is 1. The van der Waals surface area contributed by atoms with Crippen LogP contribution in [0.25, 0.3) is 11.0 Å². The molecule has 0 radical (unpaired) electrons.